The summed E-state index contributed by atoms with van der Waals surface area (Å²) in [5, 5.41) is 0. The van der Waals surface area contributed by atoms with E-state index in [-0.39, 0.29) is 23.9 Å². The van der Waals surface area contributed by atoms with Gasteiger partial charge in [-0.05, 0) is 5.92 Å². The van der Waals surface area contributed by atoms with Crippen LogP contribution in [0, 0.1) is 11.8 Å². The van der Waals surface area contributed by atoms with Crippen molar-refractivity contribution in [2.75, 3.05) is 27.3 Å². The Bertz CT molecular complexity index is 241. The van der Waals surface area contributed by atoms with Crippen LogP contribution in [0.25, 0.3) is 0 Å². The molecular weight excluding hydrogens is 186 g/mol. The Hall–Kier alpha value is -1.26. The first-order valence-corrected chi connectivity index (χ1v) is 4.50. The van der Waals surface area contributed by atoms with Crippen molar-refractivity contribution in [3.63, 3.8) is 0 Å². The summed E-state index contributed by atoms with van der Waals surface area (Å²) in [6.45, 7) is 2.86. The average molecular weight is 201 g/mol. The standard InChI is InChI=1S/C9H15NO4/c1-6-4-10(9(12)14-3)5-7(6)8(11)13-2/h6-7H,4-5H2,1-3H3. The maximum absolute atomic E-state index is 11.3. The van der Waals surface area contributed by atoms with Crippen molar-refractivity contribution in [3.8, 4) is 0 Å². The fraction of sp³-hybridized carbons (Fsp3) is 0.778. The molecule has 1 amide bonds. The lowest BCUT2D eigenvalue weighted by atomic mass is 9.99. The van der Waals surface area contributed by atoms with Crippen molar-refractivity contribution in [1.29, 1.82) is 0 Å². The highest BCUT2D eigenvalue weighted by Crippen LogP contribution is 2.24. The molecule has 1 aliphatic heterocycles. The summed E-state index contributed by atoms with van der Waals surface area (Å²) in [6, 6.07) is 0. The van der Waals surface area contributed by atoms with Gasteiger partial charge in [-0.3, -0.25) is 4.79 Å². The Morgan fingerprint density at radius 2 is 1.86 bits per heavy atom. The van der Waals surface area contributed by atoms with E-state index in [2.05, 4.69) is 9.47 Å². The van der Waals surface area contributed by atoms with E-state index in [9.17, 15) is 9.59 Å². The van der Waals surface area contributed by atoms with E-state index >= 15 is 0 Å². The molecule has 80 valence electrons. The number of hydrogen-bond acceptors (Lipinski definition) is 4. The zero-order valence-corrected chi connectivity index (χ0v) is 8.65. The summed E-state index contributed by atoms with van der Waals surface area (Å²) in [6.07, 6.45) is -0.386. The van der Waals surface area contributed by atoms with Crippen LogP contribution in [0.5, 0.6) is 0 Å². The van der Waals surface area contributed by atoms with Gasteiger partial charge in [-0.15, -0.1) is 0 Å². The van der Waals surface area contributed by atoms with Crippen LogP contribution in [0.2, 0.25) is 0 Å². The number of hydrogen-bond donors (Lipinski definition) is 0. The van der Waals surface area contributed by atoms with Crippen LogP contribution in [0.15, 0.2) is 0 Å². The molecule has 1 aliphatic rings. The molecule has 0 bridgehead atoms. The van der Waals surface area contributed by atoms with E-state index < -0.39 is 0 Å². The van der Waals surface area contributed by atoms with E-state index in [1.807, 2.05) is 6.92 Å². The number of rotatable bonds is 1. The Kier molecular flexibility index (Phi) is 3.33. The number of amides is 1. The number of methoxy groups -OCH3 is 2. The molecular formula is C9H15NO4. The molecule has 1 saturated heterocycles. The van der Waals surface area contributed by atoms with Crippen LogP contribution in [-0.4, -0.2) is 44.3 Å². The lowest BCUT2D eigenvalue weighted by Gasteiger charge is -2.13. The molecule has 1 rings (SSSR count). The number of carbonyl (C=O) groups excluding carboxylic acids is 2. The largest absolute Gasteiger partial charge is 0.469 e. The van der Waals surface area contributed by atoms with Gasteiger partial charge in [0.1, 0.15) is 0 Å². The molecule has 2 atom stereocenters. The normalized spacial score (nSPS) is 26.1. The van der Waals surface area contributed by atoms with E-state index in [1.165, 1.54) is 19.1 Å². The Morgan fingerprint density at radius 3 is 2.36 bits per heavy atom. The molecule has 1 fully saturated rings. The summed E-state index contributed by atoms with van der Waals surface area (Å²) >= 11 is 0. The van der Waals surface area contributed by atoms with Crippen molar-refractivity contribution in [1.82, 2.24) is 4.90 Å². The maximum Gasteiger partial charge on any atom is 0.409 e. The van der Waals surface area contributed by atoms with E-state index in [4.69, 9.17) is 0 Å². The first-order chi connectivity index (χ1) is 6.60. The van der Waals surface area contributed by atoms with Gasteiger partial charge in [0.2, 0.25) is 0 Å². The molecule has 5 nitrogen and oxygen atoms in total. The number of likely N-dealkylation sites (tertiary alicyclic amines) is 1. The molecule has 0 aliphatic carbocycles. The summed E-state index contributed by atoms with van der Waals surface area (Å²) < 4.78 is 9.23. The quantitative estimate of drug-likeness (QED) is 0.579. The predicted octanol–water partition coefficient (Wildman–Crippen LogP) is 0.494. The lowest BCUT2D eigenvalue weighted by molar-refractivity contribution is -0.146. The van der Waals surface area contributed by atoms with Gasteiger partial charge in [0.15, 0.2) is 0 Å². The van der Waals surface area contributed by atoms with Gasteiger partial charge in [-0.1, -0.05) is 6.92 Å². The number of esters is 1. The molecule has 0 radical (unpaired) electrons. The predicted molar refractivity (Wildman–Crippen MR) is 48.6 cm³/mol. The van der Waals surface area contributed by atoms with Crippen molar-refractivity contribution in [3.05, 3.63) is 0 Å². The number of carbonyl (C=O) groups is 2. The second-order valence-corrected chi connectivity index (χ2v) is 3.48. The third kappa shape index (κ3) is 1.97. The minimum atomic E-state index is -0.386. The van der Waals surface area contributed by atoms with E-state index in [0.717, 1.165) is 0 Å². The minimum absolute atomic E-state index is 0.126. The molecule has 0 saturated carbocycles. The molecule has 0 aromatic carbocycles. The van der Waals surface area contributed by atoms with Crippen LogP contribution in [0.3, 0.4) is 0 Å². The molecule has 0 aromatic rings. The molecule has 5 heteroatoms. The summed E-state index contributed by atoms with van der Waals surface area (Å²) in [4.78, 5) is 24.0. The van der Waals surface area contributed by atoms with Gasteiger partial charge < -0.3 is 14.4 Å². The van der Waals surface area contributed by atoms with Gasteiger partial charge in [0.05, 0.1) is 20.1 Å². The van der Waals surface area contributed by atoms with Crippen LogP contribution in [-0.2, 0) is 14.3 Å². The monoisotopic (exact) mass is 201 g/mol. The van der Waals surface area contributed by atoms with Crippen molar-refractivity contribution >= 4 is 12.1 Å². The Labute approximate surface area is 83.0 Å². The van der Waals surface area contributed by atoms with Crippen LogP contribution < -0.4 is 0 Å². The van der Waals surface area contributed by atoms with Gasteiger partial charge in [-0.25, -0.2) is 4.79 Å². The molecule has 0 spiro atoms. The Balaban J connectivity index is 2.59. The summed E-state index contributed by atoms with van der Waals surface area (Å²) in [5.74, 6) is -0.357. The minimum Gasteiger partial charge on any atom is -0.469 e. The van der Waals surface area contributed by atoms with Gasteiger partial charge in [-0.2, -0.15) is 0 Å². The SMILES string of the molecule is COC(=O)C1CN(C(=O)OC)CC1C. The zero-order valence-electron chi connectivity index (χ0n) is 8.65. The highest BCUT2D eigenvalue weighted by molar-refractivity contribution is 5.75. The first-order valence-electron chi connectivity index (χ1n) is 4.50. The van der Waals surface area contributed by atoms with Gasteiger partial charge in [0, 0.05) is 13.1 Å². The number of nitrogens with zero attached hydrogens (tertiary/aromatic N) is 1. The molecule has 14 heavy (non-hydrogen) atoms. The lowest BCUT2D eigenvalue weighted by Crippen LogP contribution is -2.29. The molecule has 2 unspecified atom stereocenters. The van der Waals surface area contributed by atoms with Crippen LogP contribution in [0.1, 0.15) is 6.92 Å². The van der Waals surface area contributed by atoms with Crippen molar-refractivity contribution in [2.24, 2.45) is 11.8 Å². The molecule has 0 N–H and O–H groups in total. The second kappa shape index (κ2) is 4.30. The highest BCUT2D eigenvalue weighted by Gasteiger charge is 2.37. The summed E-state index contributed by atoms with van der Waals surface area (Å²) in [5.41, 5.74) is 0. The number of ether oxygens (including phenoxy) is 2. The zero-order chi connectivity index (χ0) is 10.7. The topological polar surface area (TPSA) is 55.8 Å². The van der Waals surface area contributed by atoms with Crippen molar-refractivity contribution < 1.29 is 19.1 Å². The average Bonchev–Trinajstić information content (AvgIpc) is 2.58. The third-order valence-corrected chi connectivity index (χ3v) is 2.55. The third-order valence-electron chi connectivity index (χ3n) is 2.55. The summed E-state index contributed by atoms with van der Waals surface area (Å²) in [7, 11) is 2.69. The molecule has 1 heterocycles. The fourth-order valence-electron chi connectivity index (χ4n) is 1.70. The maximum atomic E-state index is 11.3. The van der Waals surface area contributed by atoms with E-state index in [1.54, 1.807) is 0 Å². The van der Waals surface area contributed by atoms with Gasteiger partial charge >= 0.3 is 12.1 Å². The van der Waals surface area contributed by atoms with Crippen molar-refractivity contribution in [2.45, 2.75) is 6.92 Å². The highest BCUT2D eigenvalue weighted by atomic mass is 16.5. The molecule has 0 aromatic heterocycles. The van der Waals surface area contributed by atoms with Gasteiger partial charge in [0.25, 0.3) is 0 Å². The second-order valence-electron chi connectivity index (χ2n) is 3.48. The Morgan fingerprint density at radius 1 is 1.21 bits per heavy atom. The van der Waals surface area contributed by atoms with Crippen LogP contribution >= 0.6 is 0 Å². The van der Waals surface area contributed by atoms with E-state index in [0.29, 0.717) is 13.1 Å². The fourth-order valence-corrected chi connectivity index (χ4v) is 1.70. The van der Waals surface area contributed by atoms with Crippen LogP contribution in [0.4, 0.5) is 4.79 Å². The first kappa shape index (κ1) is 10.8. The smallest absolute Gasteiger partial charge is 0.409 e.